The number of benzene rings is 1. The van der Waals surface area contributed by atoms with Crippen LogP contribution in [0, 0.1) is 25.8 Å². The van der Waals surface area contributed by atoms with Gasteiger partial charge >= 0.3 is 0 Å². The van der Waals surface area contributed by atoms with Gasteiger partial charge in [-0.1, -0.05) is 20.8 Å². The number of allylic oxidation sites excluding steroid dienone is 2. The van der Waals surface area contributed by atoms with Crippen LogP contribution in [0.3, 0.4) is 0 Å². The number of aliphatic imine (C=N–C) groups is 1. The number of nitrogens with zero attached hydrogens (tertiary/aromatic N) is 2. The number of rotatable bonds is 8. The molecule has 0 spiro atoms. The molecule has 1 saturated heterocycles. The molecule has 0 radical (unpaired) electrons. The topological polar surface area (TPSA) is 67.9 Å². The van der Waals surface area contributed by atoms with E-state index in [2.05, 4.69) is 30.1 Å². The average molecular weight is 525 g/mol. The summed E-state index contributed by atoms with van der Waals surface area (Å²) in [6.45, 7) is 12.8. The van der Waals surface area contributed by atoms with Gasteiger partial charge in [-0.2, -0.15) is 29.3 Å². The number of carbonyl (C=O) groups is 1. The number of hydrogen-bond acceptors (Lipinski definition) is 4. The minimum Gasteiger partial charge on any atom is -0.374 e. The zero-order chi connectivity index (χ0) is 25.5. The Bertz CT molecular complexity index is 870. The Hall–Kier alpha value is -1.52. The number of alkyl halides is 1. The fourth-order valence-electron chi connectivity index (χ4n) is 4.23. The zero-order valence-electron chi connectivity index (χ0n) is 22.5. The van der Waals surface area contributed by atoms with Crippen molar-refractivity contribution in [2.75, 3.05) is 26.7 Å². The Morgan fingerprint density at radius 2 is 1.97 bits per heavy atom. The molecule has 2 unspecified atom stereocenters. The van der Waals surface area contributed by atoms with E-state index in [-0.39, 0.29) is 35.4 Å². The van der Waals surface area contributed by atoms with Gasteiger partial charge in [0.1, 0.15) is 5.67 Å². The maximum atomic E-state index is 13.4. The van der Waals surface area contributed by atoms with Gasteiger partial charge in [-0.15, -0.1) is 5.56 Å². The molecule has 1 saturated carbocycles. The molecule has 196 valence electrons. The van der Waals surface area contributed by atoms with Crippen molar-refractivity contribution >= 4 is 11.6 Å². The van der Waals surface area contributed by atoms with Crippen LogP contribution in [0.2, 0.25) is 0 Å². The van der Waals surface area contributed by atoms with E-state index >= 15 is 0 Å². The molecule has 7 heteroatoms. The minimum atomic E-state index is -1.22. The van der Waals surface area contributed by atoms with Gasteiger partial charge in [0.25, 0.3) is 0 Å². The quantitative estimate of drug-likeness (QED) is 0.371. The smallest absolute Gasteiger partial charge is 0.222 e. The van der Waals surface area contributed by atoms with E-state index < -0.39 is 5.67 Å². The summed E-state index contributed by atoms with van der Waals surface area (Å²) in [6, 6.07) is 7.57. The summed E-state index contributed by atoms with van der Waals surface area (Å²) in [4.78, 5) is 18.3. The van der Waals surface area contributed by atoms with Gasteiger partial charge in [0.15, 0.2) is 0 Å². The third-order valence-electron chi connectivity index (χ3n) is 6.46. The zero-order valence-corrected chi connectivity index (χ0v) is 23.8. The Morgan fingerprint density at radius 1 is 1.31 bits per heavy atom. The van der Waals surface area contributed by atoms with Crippen LogP contribution >= 0.6 is 0 Å². The maximum absolute atomic E-state index is 13.4. The third-order valence-corrected chi connectivity index (χ3v) is 6.46. The summed E-state index contributed by atoms with van der Waals surface area (Å²) in [5.74, 6) is 0.772. The molecular weight excluding hydrogens is 481 g/mol. The van der Waals surface area contributed by atoms with Gasteiger partial charge < -0.3 is 15.4 Å². The first-order valence-electron chi connectivity index (χ1n) is 12.5. The van der Waals surface area contributed by atoms with Gasteiger partial charge in [0.05, 0.1) is 18.8 Å². The fraction of sp³-hybridized carbons (Fsp3) is 0.643. The fourth-order valence-corrected chi connectivity index (χ4v) is 4.23. The van der Waals surface area contributed by atoms with Crippen LogP contribution in [-0.4, -0.2) is 55.0 Å². The Labute approximate surface area is 222 Å². The summed E-state index contributed by atoms with van der Waals surface area (Å²) in [7, 11) is 1.78. The first-order chi connectivity index (χ1) is 16.0. The molecule has 2 fully saturated rings. The molecule has 3 rings (SSSR count). The molecule has 1 aromatic carbocycles. The standard InChI is InChI=1S/C17H25N2O2.C11H18FN.Cr/c1-4-16(20)19-7-5-15(21-8-6-18)17(19)14-10-12(2)9-13(3)11-14;1-8(11(2,3)12)7-10(13-4)9-5-6-9;/h9-10,15,17H,4-8,18H2,1-3H3;7,9H,5-6H2,1-4H3;/q-1;;/b;8-7+,13-10?;. The molecule has 5 nitrogen and oxygen atoms in total. The van der Waals surface area contributed by atoms with Gasteiger partial charge in [-0.25, -0.2) is 4.39 Å². The monoisotopic (exact) mass is 524 g/mol. The first-order valence-corrected chi connectivity index (χ1v) is 12.5. The summed E-state index contributed by atoms with van der Waals surface area (Å²) in [5.41, 5.74) is 9.49. The molecule has 2 N–H and O–H groups in total. The molecule has 2 atom stereocenters. The maximum Gasteiger partial charge on any atom is 0.222 e. The number of aryl methyl sites for hydroxylation is 2. The number of ether oxygens (including phenoxy) is 1. The van der Waals surface area contributed by atoms with Crippen LogP contribution in [0.4, 0.5) is 4.39 Å². The van der Waals surface area contributed by atoms with Crippen LogP contribution in [0.15, 0.2) is 28.8 Å². The summed E-state index contributed by atoms with van der Waals surface area (Å²) < 4.78 is 19.3. The molecule has 1 aliphatic carbocycles. The van der Waals surface area contributed by atoms with Crippen molar-refractivity contribution in [3.05, 3.63) is 46.5 Å². The number of halogens is 1. The molecule has 1 amide bonds. The van der Waals surface area contributed by atoms with Crippen molar-refractivity contribution in [3.8, 4) is 0 Å². The second kappa shape index (κ2) is 14.3. The van der Waals surface area contributed by atoms with E-state index in [0.29, 0.717) is 25.5 Å². The van der Waals surface area contributed by atoms with Crippen molar-refractivity contribution in [3.63, 3.8) is 0 Å². The second-order valence-electron chi connectivity index (χ2n) is 9.89. The van der Waals surface area contributed by atoms with E-state index in [1.165, 1.54) is 18.4 Å². The summed E-state index contributed by atoms with van der Waals surface area (Å²) in [5, 5.41) is 0. The van der Waals surface area contributed by atoms with Gasteiger partial charge in [-0.05, 0) is 51.7 Å². The molecule has 0 aromatic heterocycles. The molecule has 0 bridgehead atoms. The third kappa shape index (κ3) is 9.46. The van der Waals surface area contributed by atoms with Gasteiger partial charge in [0.2, 0.25) is 5.91 Å². The minimum absolute atomic E-state index is 0. The van der Waals surface area contributed by atoms with Crippen LogP contribution in [-0.2, 0) is 26.9 Å². The number of hydrogen-bond donors (Lipinski definition) is 1. The van der Waals surface area contributed by atoms with Crippen molar-refractivity contribution in [2.45, 2.75) is 85.0 Å². The molecule has 1 aromatic rings. The SMILES string of the molecule is CCC(=O)N1CCC(OCCN)C1c1[c-]c(C)cc(C)c1.CN=C(/C=C(\C)C(C)(C)F)C1CC1.[Cr]. The van der Waals surface area contributed by atoms with E-state index in [1.54, 1.807) is 20.9 Å². The van der Waals surface area contributed by atoms with Crippen LogP contribution < -0.4 is 5.73 Å². The molecular formula is C28H43CrFN3O2-. The van der Waals surface area contributed by atoms with Crippen molar-refractivity contribution < 1.29 is 31.3 Å². The van der Waals surface area contributed by atoms with E-state index in [4.69, 9.17) is 10.5 Å². The number of carbonyl (C=O) groups excluding carboxylic acids is 1. The normalized spacial score (nSPS) is 20.8. The van der Waals surface area contributed by atoms with Crippen molar-refractivity contribution in [2.24, 2.45) is 16.6 Å². The molecule has 35 heavy (non-hydrogen) atoms. The Morgan fingerprint density at radius 3 is 2.46 bits per heavy atom. The van der Waals surface area contributed by atoms with Crippen LogP contribution in [0.1, 0.15) is 76.1 Å². The van der Waals surface area contributed by atoms with Gasteiger partial charge in [-0.3, -0.25) is 9.79 Å². The largest absolute Gasteiger partial charge is 0.374 e. The summed E-state index contributed by atoms with van der Waals surface area (Å²) in [6.07, 6.45) is 5.72. The van der Waals surface area contributed by atoms with Gasteiger partial charge in [0, 0.05) is 55.5 Å². The Balaban J connectivity index is 0.000000378. The molecule has 1 heterocycles. The van der Waals surface area contributed by atoms with E-state index in [1.807, 2.05) is 31.7 Å². The number of likely N-dealkylation sites (tertiary alicyclic amines) is 1. The predicted molar refractivity (Wildman–Crippen MR) is 138 cm³/mol. The summed E-state index contributed by atoms with van der Waals surface area (Å²) >= 11 is 0. The van der Waals surface area contributed by atoms with E-state index in [0.717, 1.165) is 35.4 Å². The van der Waals surface area contributed by atoms with E-state index in [9.17, 15) is 9.18 Å². The average Bonchev–Trinajstić information content (AvgIpc) is 3.53. The predicted octanol–water partition coefficient (Wildman–Crippen LogP) is 5.29. The van der Waals surface area contributed by atoms with Crippen molar-refractivity contribution in [1.29, 1.82) is 0 Å². The van der Waals surface area contributed by atoms with Crippen LogP contribution in [0.25, 0.3) is 0 Å². The first kappa shape index (κ1) is 31.5. The number of amides is 1. The number of nitrogens with two attached hydrogens (primary N) is 1. The van der Waals surface area contributed by atoms with Crippen molar-refractivity contribution in [1.82, 2.24) is 4.90 Å². The second-order valence-corrected chi connectivity index (χ2v) is 9.89. The van der Waals surface area contributed by atoms with Crippen LogP contribution in [0.5, 0.6) is 0 Å². The molecule has 1 aliphatic heterocycles. The Kier molecular flexibility index (Phi) is 12.9. The molecule has 2 aliphatic rings.